The molecule has 246 valence electrons. The van der Waals surface area contributed by atoms with Gasteiger partial charge in [0.05, 0.1) is 13.2 Å². The zero-order chi connectivity index (χ0) is 32.3. The lowest BCUT2D eigenvalue weighted by Crippen LogP contribution is -2.53. The summed E-state index contributed by atoms with van der Waals surface area (Å²) in [4.78, 5) is 27.7. The molecule has 1 spiro atoms. The Morgan fingerprint density at radius 3 is 2.70 bits per heavy atom. The number of aliphatic carboxylic acids is 1. The molecule has 3 N–H and O–H groups in total. The van der Waals surface area contributed by atoms with Crippen LogP contribution in [-0.4, -0.2) is 39.7 Å². The lowest BCUT2D eigenvalue weighted by atomic mass is 9.59. The second kappa shape index (κ2) is 14.1. The number of hydrogen-bond acceptors (Lipinski definition) is 7. The van der Waals surface area contributed by atoms with Crippen LogP contribution in [0.2, 0.25) is 5.02 Å². The number of nitrogens with one attached hydrogen (secondary N) is 1. The molecule has 2 aromatic carbocycles. The number of ether oxygens (including phenoxy) is 1. The predicted octanol–water partition coefficient (Wildman–Crippen LogP) is 8.27. The number of aromatic nitrogens is 1. The van der Waals surface area contributed by atoms with Crippen molar-refractivity contribution in [3.8, 4) is 11.5 Å². The first-order chi connectivity index (χ1) is 22.2. The number of anilines is 1. The lowest BCUT2D eigenvalue weighted by Gasteiger charge is -2.47. The average Bonchev–Trinajstić information content (AvgIpc) is 3.32. The van der Waals surface area contributed by atoms with Gasteiger partial charge in [-0.1, -0.05) is 30.7 Å². The Morgan fingerprint density at radius 1 is 1.13 bits per heavy atom. The van der Waals surface area contributed by atoms with Gasteiger partial charge in [0.1, 0.15) is 17.0 Å². The van der Waals surface area contributed by atoms with Crippen LogP contribution >= 0.6 is 20.2 Å². The topological polar surface area (TPSA) is 110 Å². The van der Waals surface area contributed by atoms with Crippen LogP contribution in [0, 0.1) is 11.8 Å². The molecule has 3 atom stereocenters. The fraction of sp³-hybridized carbons (Fsp3) is 0.500. The number of fused-ring (bicyclic) bond motifs is 3. The number of halogens is 1. The van der Waals surface area contributed by atoms with Crippen LogP contribution in [0.25, 0.3) is 0 Å². The maximum atomic E-state index is 12.9. The van der Waals surface area contributed by atoms with Crippen LogP contribution in [0.15, 0.2) is 54.7 Å². The minimum absolute atomic E-state index is 0.225. The zero-order valence-corrected chi connectivity index (χ0v) is 28.3. The molecule has 1 saturated carbocycles. The molecule has 2 unspecified atom stereocenters. The number of carboxylic acid groups (broad SMARTS) is 1. The van der Waals surface area contributed by atoms with Gasteiger partial charge in [-0.15, -0.1) is 0 Å². The van der Waals surface area contributed by atoms with E-state index in [2.05, 4.69) is 29.4 Å². The van der Waals surface area contributed by atoms with E-state index in [0.717, 1.165) is 31.4 Å². The fourth-order valence-electron chi connectivity index (χ4n) is 8.02. The lowest BCUT2D eigenvalue weighted by molar-refractivity contribution is -0.144. The fourth-order valence-corrected chi connectivity index (χ4v) is 8.78. The molecule has 0 saturated heterocycles. The summed E-state index contributed by atoms with van der Waals surface area (Å²) in [5.74, 6) is 1.29. The van der Waals surface area contributed by atoms with Crippen molar-refractivity contribution in [2.45, 2.75) is 89.0 Å². The van der Waals surface area contributed by atoms with Crippen molar-refractivity contribution < 1.29 is 28.6 Å². The van der Waals surface area contributed by atoms with Crippen molar-refractivity contribution in [2.24, 2.45) is 11.8 Å². The first-order valence-corrected chi connectivity index (χ1v) is 18.0. The van der Waals surface area contributed by atoms with E-state index in [-0.39, 0.29) is 5.41 Å². The molecule has 1 aromatic heterocycles. The first kappa shape index (κ1) is 33.0. The highest BCUT2D eigenvalue weighted by atomic mass is 35.5. The van der Waals surface area contributed by atoms with Crippen LogP contribution in [0.4, 0.5) is 5.69 Å². The zero-order valence-electron chi connectivity index (χ0n) is 26.6. The SMILES string of the molecule is CCOP(O)Oc1ccc2c(c1)C1(CCC(Nc3cccc(Cl)c3)(C(=O)O)CC1)C(C[C@@H](C)COc1ccnc3c1CCCC3)C2. The summed E-state index contributed by atoms with van der Waals surface area (Å²) < 4.78 is 17.5. The molecular formula is C36H44ClN2O6P. The quantitative estimate of drug-likeness (QED) is 0.166. The number of nitrogens with zero attached hydrogens (tertiary/aromatic N) is 1. The van der Waals surface area contributed by atoms with E-state index in [4.69, 9.17) is 25.4 Å². The summed E-state index contributed by atoms with van der Waals surface area (Å²) in [6.07, 6.45) is 10.5. The van der Waals surface area contributed by atoms with Crippen molar-refractivity contribution in [2.75, 3.05) is 18.5 Å². The Balaban J connectivity index is 1.24. The molecule has 0 aliphatic heterocycles. The standard InChI is InChI=1S/C36H44ClN2O6P/c1-3-44-46(42)45-29-12-11-25-20-26(19-24(2)23-43-33-13-18-38-32-10-5-4-9-30(32)33)35(31(25)22-29)14-16-36(17-15-35,34(40)41)39-28-8-6-7-27(37)21-28/h6-8,11-13,18,21-22,24,26,39,42H,3-5,9-10,14-17,19-20,23H2,1-2H3,(H,40,41)/t24-,26?,35?,36?,46?/m1/s1. The maximum absolute atomic E-state index is 12.9. The third-order valence-corrected chi connectivity index (χ3v) is 11.4. The van der Waals surface area contributed by atoms with Crippen molar-refractivity contribution in [1.29, 1.82) is 0 Å². The largest absolute Gasteiger partial charge is 0.493 e. The van der Waals surface area contributed by atoms with Crippen LogP contribution in [-0.2, 0) is 34.0 Å². The van der Waals surface area contributed by atoms with E-state index in [9.17, 15) is 14.8 Å². The molecule has 8 nitrogen and oxygen atoms in total. The number of benzene rings is 2. The minimum atomic E-state index is -2.02. The van der Waals surface area contributed by atoms with E-state index in [1.807, 2.05) is 37.4 Å². The number of hydrogen-bond donors (Lipinski definition) is 3. The summed E-state index contributed by atoms with van der Waals surface area (Å²) in [5, 5.41) is 14.5. The molecule has 46 heavy (non-hydrogen) atoms. The summed E-state index contributed by atoms with van der Waals surface area (Å²) in [6.45, 7) is 5.05. The van der Waals surface area contributed by atoms with E-state index < -0.39 is 20.1 Å². The second-order valence-corrected chi connectivity index (χ2v) is 14.6. The molecule has 3 aliphatic rings. The Kier molecular flexibility index (Phi) is 10.1. The van der Waals surface area contributed by atoms with E-state index in [1.165, 1.54) is 35.2 Å². The molecule has 1 fully saturated rings. The average molecular weight is 667 g/mol. The summed E-state index contributed by atoms with van der Waals surface area (Å²) in [7, 11) is -2.02. The number of carbonyl (C=O) groups is 1. The summed E-state index contributed by atoms with van der Waals surface area (Å²) >= 11 is 6.24. The number of aryl methyl sites for hydroxylation is 1. The molecule has 0 amide bonds. The van der Waals surface area contributed by atoms with Crippen LogP contribution < -0.4 is 14.6 Å². The van der Waals surface area contributed by atoms with Gasteiger partial charge < -0.3 is 29.1 Å². The Morgan fingerprint density at radius 2 is 1.93 bits per heavy atom. The molecule has 6 rings (SSSR count). The van der Waals surface area contributed by atoms with Gasteiger partial charge in [0, 0.05) is 28.2 Å². The first-order valence-electron chi connectivity index (χ1n) is 16.5. The van der Waals surface area contributed by atoms with E-state index in [0.29, 0.717) is 67.2 Å². The highest BCUT2D eigenvalue weighted by molar-refractivity contribution is 7.41. The van der Waals surface area contributed by atoms with Crippen LogP contribution in [0.5, 0.6) is 11.5 Å². The van der Waals surface area contributed by atoms with Crippen LogP contribution in [0.1, 0.15) is 81.2 Å². The van der Waals surface area contributed by atoms with Crippen molar-refractivity contribution in [3.63, 3.8) is 0 Å². The van der Waals surface area contributed by atoms with Gasteiger partial charge in [-0.25, -0.2) is 4.79 Å². The second-order valence-electron chi connectivity index (χ2n) is 13.2. The van der Waals surface area contributed by atoms with Gasteiger partial charge in [-0.3, -0.25) is 4.98 Å². The van der Waals surface area contributed by atoms with Crippen molar-refractivity contribution >= 4 is 31.9 Å². The Hall–Kier alpha value is -2.90. The van der Waals surface area contributed by atoms with Gasteiger partial charge in [-0.05, 0) is 136 Å². The molecule has 3 aliphatic carbocycles. The Labute approximate surface area is 277 Å². The van der Waals surface area contributed by atoms with Gasteiger partial charge in [-0.2, -0.15) is 0 Å². The summed E-state index contributed by atoms with van der Waals surface area (Å²) in [6, 6.07) is 15.3. The Bertz CT molecular complexity index is 1540. The van der Waals surface area contributed by atoms with Gasteiger partial charge in [0.25, 0.3) is 0 Å². The maximum Gasteiger partial charge on any atom is 0.394 e. The number of rotatable bonds is 12. The highest BCUT2D eigenvalue weighted by Gasteiger charge is 2.54. The third-order valence-electron chi connectivity index (χ3n) is 10.3. The third kappa shape index (κ3) is 6.87. The van der Waals surface area contributed by atoms with Crippen molar-refractivity contribution in [3.05, 3.63) is 82.1 Å². The minimum Gasteiger partial charge on any atom is -0.493 e. The van der Waals surface area contributed by atoms with Gasteiger partial charge in [0.2, 0.25) is 0 Å². The normalized spacial score (nSPS) is 24.9. The molecule has 1 heterocycles. The molecule has 0 bridgehead atoms. The molecule has 3 aromatic rings. The number of carboxylic acids is 1. The summed E-state index contributed by atoms with van der Waals surface area (Å²) in [5.41, 5.74) is 4.29. The van der Waals surface area contributed by atoms with E-state index >= 15 is 0 Å². The predicted molar refractivity (Wildman–Crippen MR) is 181 cm³/mol. The molecule has 10 heteroatoms. The van der Waals surface area contributed by atoms with Crippen molar-refractivity contribution in [1.82, 2.24) is 4.98 Å². The van der Waals surface area contributed by atoms with Gasteiger partial charge in [0.15, 0.2) is 0 Å². The van der Waals surface area contributed by atoms with Gasteiger partial charge >= 0.3 is 14.6 Å². The monoisotopic (exact) mass is 666 g/mol. The van der Waals surface area contributed by atoms with E-state index in [1.54, 1.807) is 12.1 Å². The smallest absolute Gasteiger partial charge is 0.394 e. The molecule has 0 radical (unpaired) electrons. The number of pyridine rings is 1. The molecular weight excluding hydrogens is 623 g/mol. The highest BCUT2D eigenvalue weighted by Crippen LogP contribution is 2.57. The van der Waals surface area contributed by atoms with Crippen LogP contribution in [0.3, 0.4) is 0 Å².